The Morgan fingerprint density at radius 1 is 1.47 bits per heavy atom. The lowest BCUT2D eigenvalue weighted by Gasteiger charge is -2.14. The van der Waals surface area contributed by atoms with Crippen LogP contribution in [0.1, 0.15) is 12.6 Å². The molecule has 0 radical (unpaired) electrons. The number of nitrogens with one attached hydrogen (secondary N) is 1. The molecule has 2 atom stereocenters. The minimum absolute atomic E-state index is 0.137. The van der Waals surface area contributed by atoms with Gasteiger partial charge in [-0.1, -0.05) is 6.07 Å². The Morgan fingerprint density at radius 2 is 2.12 bits per heavy atom. The molecule has 1 aromatic heterocycles. The van der Waals surface area contributed by atoms with Crippen molar-refractivity contribution in [1.82, 2.24) is 4.98 Å². The number of pyridine rings is 1. The molecule has 17 heavy (non-hydrogen) atoms. The maximum Gasteiger partial charge on any atom is 0.433 e. The van der Waals surface area contributed by atoms with Crippen molar-refractivity contribution in [3.63, 3.8) is 0 Å². The summed E-state index contributed by atoms with van der Waals surface area (Å²) in [6, 6.07) is 3.45. The van der Waals surface area contributed by atoms with Gasteiger partial charge in [0.1, 0.15) is 11.5 Å². The van der Waals surface area contributed by atoms with Crippen molar-refractivity contribution in [2.75, 3.05) is 17.3 Å². The van der Waals surface area contributed by atoms with Crippen LogP contribution in [0.15, 0.2) is 18.2 Å². The fourth-order valence-corrected chi connectivity index (χ4v) is 2.11. The lowest BCUT2D eigenvalue weighted by Crippen LogP contribution is -2.23. The predicted molar refractivity (Wildman–Crippen MR) is 61.3 cm³/mol. The summed E-state index contributed by atoms with van der Waals surface area (Å²) in [4.78, 5) is 3.46. The largest absolute Gasteiger partial charge is 0.433 e. The molecule has 1 N–H and O–H groups in total. The van der Waals surface area contributed by atoms with Gasteiger partial charge >= 0.3 is 6.18 Å². The molecule has 0 aliphatic rings. The molecule has 1 aromatic rings. The number of aromatic nitrogens is 1. The quantitative estimate of drug-likeness (QED) is 0.909. The van der Waals surface area contributed by atoms with E-state index in [1.54, 1.807) is 6.92 Å². The number of anilines is 1. The summed E-state index contributed by atoms with van der Waals surface area (Å²) in [7, 11) is -1.00. The molecular formula is C10H13F3N2OS. The molecule has 1 rings (SSSR count). The number of hydrogen-bond donors (Lipinski definition) is 1. The molecule has 0 aliphatic carbocycles. The summed E-state index contributed by atoms with van der Waals surface area (Å²) in [5.41, 5.74) is -0.938. The molecular weight excluding hydrogens is 253 g/mol. The molecule has 0 bridgehead atoms. The van der Waals surface area contributed by atoms with Crippen LogP contribution >= 0.6 is 0 Å². The zero-order chi connectivity index (χ0) is 13.1. The van der Waals surface area contributed by atoms with Crippen molar-refractivity contribution < 1.29 is 17.4 Å². The van der Waals surface area contributed by atoms with Crippen LogP contribution < -0.4 is 5.32 Å². The van der Waals surface area contributed by atoms with Gasteiger partial charge in [-0.25, -0.2) is 4.98 Å². The van der Waals surface area contributed by atoms with E-state index in [0.29, 0.717) is 5.75 Å². The van der Waals surface area contributed by atoms with Gasteiger partial charge in [-0.3, -0.25) is 4.21 Å². The second-order valence-electron chi connectivity index (χ2n) is 3.69. The first-order valence-corrected chi connectivity index (χ1v) is 6.62. The fraction of sp³-hybridized carbons (Fsp3) is 0.500. The first kappa shape index (κ1) is 14.0. The van der Waals surface area contributed by atoms with Crippen LogP contribution in [0.25, 0.3) is 0 Å². The second-order valence-corrected chi connectivity index (χ2v) is 5.17. The Kier molecular flexibility index (Phi) is 4.50. The van der Waals surface area contributed by atoms with Gasteiger partial charge in [0.25, 0.3) is 0 Å². The van der Waals surface area contributed by atoms with Crippen LogP contribution in [-0.2, 0) is 17.0 Å². The van der Waals surface area contributed by atoms with Gasteiger partial charge in [0, 0.05) is 28.9 Å². The first-order chi connectivity index (χ1) is 7.79. The van der Waals surface area contributed by atoms with Gasteiger partial charge in [-0.2, -0.15) is 13.2 Å². The van der Waals surface area contributed by atoms with Gasteiger partial charge < -0.3 is 5.32 Å². The van der Waals surface area contributed by atoms with E-state index in [1.165, 1.54) is 18.4 Å². The van der Waals surface area contributed by atoms with Crippen LogP contribution in [0.2, 0.25) is 0 Å². The molecule has 0 saturated carbocycles. The second kappa shape index (κ2) is 5.48. The molecule has 0 saturated heterocycles. The normalized spacial score (nSPS) is 15.4. The Labute approximate surface area is 99.9 Å². The Morgan fingerprint density at radius 3 is 2.65 bits per heavy atom. The third kappa shape index (κ3) is 4.72. The van der Waals surface area contributed by atoms with E-state index in [1.807, 2.05) is 0 Å². The smallest absolute Gasteiger partial charge is 0.367 e. The number of nitrogens with zero attached hydrogens (tertiary/aromatic N) is 1. The molecule has 0 fully saturated rings. The molecule has 0 spiro atoms. The van der Waals surface area contributed by atoms with E-state index >= 15 is 0 Å². The summed E-state index contributed by atoms with van der Waals surface area (Å²) < 4.78 is 48.1. The predicted octanol–water partition coefficient (Wildman–Crippen LogP) is 2.28. The van der Waals surface area contributed by atoms with Crippen LogP contribution in [-0.4, -0.2) is 27.2 Å². The molecule has 3 nitrogen and oxygen atoms in total. The van der Waals surface area contributed by atoms with Crippen LogP contribution in [0.3, 0.4) is 0 Å². The standard InChI is InChI=1S/C10H13F3N2OS/c1-7(6-17(2)16)14-9-5-3-4-8(15-9)10(11,12)13/h3-5,7H,6H2,1-2H3,(H,14,15). The van der Waals surface area contributed by atoms with Crippen molar-refractivity contribution in [2.45, 2.75) is 19.1 Å². The molecule has 0 aromatic carbocycles. The number of halogens is 3. The van der Waals surface area contributed by atoms with Crippen molar-refractivity contribution in [1.29, 1.82) is 0 Å². The first-order valence-electron chi connectivity index (χ1n) is 4.90. The van der Waals surface area contributed by atoms with Gasteiger partial charge in [0.15, 0.2) is 0 Å². The summed E-state index contributed by atoms with van der Waals surface area (Å²) in [5, 5.41) is 2.78. The van der Waals surface area contributed by atoms with Crippen molar-refractivity contribution >= 4 is 16.6 Å². The molecule has 1 heterocycles. The lowest BCUT2D eigenvalue weighted by atomic mass is 10.3. The maximum absolute atomic E-state index is 12.4. The minimum Gasteiger partial charge on any atom is -0.367 e. The van der Waals surface area contributed by atoms with E-state index in [4.69, 9.17) is 0 Å². The van der Waals surface area contributed by atoms with E-state index in [0.717, 1.165) is 6.07 Å². The fourth-order valence-electron chi connectivity index (χ4n) is 1.32. The van der Waals surface area contributed by atoms with Crippen molar-refractivity contribution in [3.8, 4) is 0 Å². The van der Waals surface area contributed by atoms with Crippen molar-refractivity contribution in [3.05, 3.63) is 23.9 Å². The van der Waals surface area contributed by atoms with E-state index in [9.17, 15) is 17.4 Å². The van der Waals surface area contributed by atoms with Crippen LogP contribution in [0, 0.1) is 0 Å². The number of alkyl halides is 3. The summed E-state index contributed by atoms with van der Waals surface area (Å²) >= 11 is 0. The van der Waals surface area contributed by atoms with Crippen molar-refractivity contribution in [2.24, 2.45) is 0 Å². The summed E-state index contributed by atoms with van der Waals surface area (Å²) in [5.74, 6) is 0.496. The SMILES string of the molecule is CC(CS(C)=O)Nc1cccc(C(F)(F)F)n1. The minimum atomic E-state index is -4.45. The van der Waals surface area contributed by atoms with Gasteiger partial charge in [0.2, 0.25) is 0 Å². The third-order valence-corrected chi connectivity index (χ3v) is 2.89. The molecule has 2 unspecified atom stereocenters. The monoisotopic (exact) mass is 266 g/mol. The van der Waals surface area contributed by atoms with Crippen LogP contribution in [0.5, 0.6) is 0 Å². The van der Waals surface area contributed by atoms with E-state index in [2.05, 4.69) is 10.3 Å². The highest BCUT2D eigenvalue weighted by atomic mass is 32.2. The van der Waals surface area contributed by atoms with E-state index in [-0.39, 0.29) is 11.9 Å². The summed E-state index contributed by atoms with van der Waals surface area (Å²) in [6.45, 7) is 1.74. The molecule has 0 aliphatic heterocycles. The zero-order valence-corrected chi connectivity index (χ0v) is 10.2. The Bertz CT molecular complexity index is 409. The Balaban J connectivity index is 2.76. The highest BCUT2D eigenvalue weighted by Crippen LogP contribution is 2.28. The third-order valence-electron chi connectivity index (χ3n) is 1.92. The Hall–Kier alpha value is -1.11. The molecule has 96 valence electrons. The maximum atomic E-state index is 12.4. The topological polar surface area (TPSA) is 42.0 Å². The lowest BCUT2D eigenvalue weighted by molar-refractivity contribution is -0.141. The van der Waals surface area contributed by atoms with E-state index < -0.39 is 22.7 Å². The molecule has 7 heteroatoms. The van der Waals surface area contributed by atoms with Gasteiger partial charge in [-0.15, -0.1) is 0 Å². The summed E-state index contributed by atoms with van der Waals surface area (Å²) in [6.07, 6.45) is -2.91. The van der Waals surface area contributed by atoms with Gasteiger partial charge in [-0.05, 0) is 19.1 Å². The zero-order valence-electron chi connectivity index (χ0n) is 9.41. The van der Waals surface area contributed by atoms with Gasteiger partial charge in [0.05, 0.1) is 0 Å². The number of hydrogen-bond acceptors (Lipinski definition) is 3. The molecule has 0 amide bonds. The van der Waals surface area contributed by atoms with Crippen LogP contribution in [0.4, 0.5) is 19.0 Å². The average molecular weight is 266 g/mol. The highest BCUT2D eigenvalue weighted by molar-refractivity contribution is 7.84. The highest BCUT2D eigenvalue weighted by Gasteiger charge is 2.32. The number of rotatable bonds is 4. The average Bonchev–Trinajstić information content (AvgIpc) is 2.15.